The number of nitrogens with one attached hydrogen (secondary N) is 1. The van der Waals surface area contributed by atoms with Crippen LogP contribution in [0.4, 0.5) is 11.4 Å². The number of ether oxygens (including phenoxy) is 1. The average Bonchev–Trinajstić information content (AvgIpc) is 2.44. The van der Waals surface area contributed by atoms with E-state index in [4.69, 9.17) is 10.5 Å². The first-order valence-electron chi connectivity index (χ1n) is 5.78. The molecule has 1 aromatic rings. The van der Waals surface area contributed by atoms with E-state index in [0.717, 1.165) is 10.6 Å². The lowest BCUT2D eigenvalue weighted by Crippen LogP contribution is -2.49. The number of carbonyl (C=O) groups is 2. The number of carbonyl (C=O) groups excluding carboxylic acids is 2. The summed E-state index contributed by atoms with van der Waals surface area (Å²) in [5, 5.41) is 12.4. The number of hydrogen-bond donors (Lipinski definition) is 3. The lowest BCUT2D eigenvalue weighted by molar-refractivity contribution is -0.132. The predicted octanol–water partition coefficient (Wildman–Crippen LogP) is -0.700. The van der Waals surface area contributed by atoms with Crippen molar-refractivity contribution in [2.75, 3.05) is 30.4 Å². The Balaban J connectivity index is 2.44. The summed E-state index contributed by atoms with van der Waals surface area (Å²) in [5.74, 6) is -0.861. The van der Waals surface area contributed by atoms with E-state index >= 15 is 0 Å². The Kier molecular flexibility index (Phi) is 3.68. The number of benzene rings is 1. The zero-order valence-corrected chi connectivity index (χ0v) is 10.4. The number of nitrogens with zero attached hydrogens (tertiary/aromatic N) is 1. The second-order valence-corrected chi connectivity index (χ2v) is 4.04. The minimum absolute atomic E-state index is 0.241. The summed E-state index contributed by atoms with van der Waals surface area (Å²) in [6.45, 7) is -0.487. The third kappa shape index (κ3) is 2.38. The third-order valence-corrected chi connectivity index (χ3v) is 2.82. The van der Waals surface area contributed by atoms with Crippen molar-refractivity contribution in [3.05, 3.63) is 18.2 Å². The summed E-state index contributed by atoms with van der Waals surface area (Å²) >= 11 is 0. The Hall–Kier alpha value is -2.12. The van der Waals surface area contributed by atoms with Crippen LogP contribution in [0, 0.1) is 0 Å². The zero-order chi connectivity index (χ0) is 14.0. The first-order chi connectivity index (χ1) is 9.08. The Morgan fingerprint density at radius 1 is 1.63 bits per heavy atom. The van der Waals surface area contributed by atoms with E-state index in [-0.39, 0.29) is 13.2 Å². The molecule has 4 N–H and O–H groups in total. The van der Waals surface area contributed by atoms with Gasteiger partial charge in [-0.2, -0.15) is 0 Å². The van der Waals surface area contributed by atoms with Gasteiger partial charge in [-0.1, -0.05) is 0 Å². The normalized spacial score (nSPS) is 15.5. The smallest absolute Gasteiger partial charge is 0.271 e. The third-order valence-electron chi connectivity index (χ3n) is 2.82. The van der Waals surface area contributed by atoms with Gasteiger partial charge in [0.1, 0.15) is 11.9 Å². The van der Waals surface area contributed by atoms with Gasteiger partial charge in [0.25, 0.3) is 11.8 Å². The second-order valence-electron chi connectivity index (χ2n) is 4.04. The molecule has 0 saturated carbocycles. The molecule has 0 aliphatic carbocycles. The molecule has 2 rings (SSSR count). The highest BCUT2D eigenvalue weighted by Crippen LogP contribution is 2.34. The predicted molar refractivity (Wildman–Crippen MR) is 69.0 cm³/mol. The summed E-state index contributed by atoms with van der Waals surface area (Å²) < 4.78 is 5.24. The summed E-state index contributed by atoms with van der Waals surface area (Å²) in [7, 11) is 1.72. The van der Waals surface area contributed by atoms with Crippen LogP contribution in [0.25, 0.3) is 0 Å². The maximum Gasteiger partial charge on any atom is 0.271 e. The number of amides is 2. The molecule has 0 spiro atoms. The molecule has 2 amide bonds. The first kappa shape index (κ1) is 13.3. The van der Waals surface area contributed by atoms with Crippen molar-refractivity contribution in [2.45, 2.75) is 6.10 Å². The second kappa shape index (κ2) is 5.25. The van der Waals surface area contributed by atoms with Crippen molar-refractivity contribution < 1.29 is 19.4 Å². The molecule has 0 bridgehead atoms. The first-order valence-corrected chi connectivity index (χ1v) is 5.78. The number of rotatable bonds is 3. The quantitative estimate of drug-likeness (QED) is 0.667. The topological polar surface area (TPSA) is 105 Å². The van der Waals surface area contributed by atoms with E-state index in [1.165, 1.54) is 0 Å². The van der Waals surface area contributed by atoms with Gasteiger partial charge in [-0.05, 0) is 18.2 Å². The van der Waals surface area contributed by atoms with Gasteiger partial charge in [-0.3, -0.25) is 9.59 Å². The van der Waals surface area contributed by atoms with Crippen molar-refractivity contribution in [3.8, 4) is 5.75 Å². The molecule has 19 heavy (non-hydrogen) atoms. The van der Waals surface area contributed by atoms with Crippen molar-refractivity contribution in [1.29, 1.82) is 0 Å². The molecule has 1 atom stereocenters. The number of fused-ring (bicyclic) bond motifs is 1. The minimum atomic E-state index is -1.41. The molecule has 1 aliphatic heterocycles. The standard InChI is InChI=1S/C12H15N3O4/c1-14-7-2-3-10-8(4-7)15(11(17)6-19-10)12(18)9(16)5-13/h2-4,9,14,16H,5-6,13H2,1H3. The van der Waals surface area contributed by atoms with Crippen molar-refractivity contribution in [3.63, 3.8) is 0 Å². The SMILES string of the molecule is CNc1ccc2c(c1)N(C(=O)C(O)CN)C(=O)CO2. The van der Waals surface area contributed by atoms with Crippen molar-refractivity contribution >= 4 is 23.2 Å². The molecule has 1 aliphatic rings. The Labute approximate surface area is 109 Å². The molecule has 0 saturated heterocycles. The van der Waals surface area contributed by atoms with Crippen LogP contribution in [0.15, 0.2) is 18.2 Å². The average molecular weight is 265 g/mol. The molecule has 0 aromatic heterocycles. The van der Waals surface area contributed by atoms with Gasteiger partial charge in [0.15, 0.2) is 6.61 Å². The van der Waals surface area contributed by atoms with Gasteiger partial charge >= 0.3 is 0 Å². The summed E-state index contributed by atoms with van der Waals surface area (Å²) in [4.78, 5) is 24.7. The number of anilines is 2. The Morgan fingerprint density at radius 2 is 2.37 bits per heavy atom. The number of imide groups is 1. The van der Waals surface area contributed by atoms with Crippen LogP contribution < -0.4 is 20.7 Å². The maximum atomic E-state index is 12.0. The highest BCUT2D eigenvalue weighted by atomic mass is 16.5. The van der Waals surface area contributed by atoms with Crippen molar-refractivity contribution in [1.82, 2.24) is 0 Å². The van der Waals surface area contributed by atoms with Gasteiger partial charge < -0.3 is 20.9 Å². The fraction of sp³-hybridized carbons (Fsp3) is 0.333. The number of aliphatic hydroxyl groups is 1. The monoisotopic (exact) mass is 265 g/mol. The number of hydrogen-bond acceptors (Lipinski definition) is 6. The van der Waals surface area contributed by atoms with Crippen LogP contribution in [0.3, 0.4) is 0 Å². The van der Waals surface area contributed by atoms with Crippen LogP contribution in [0.2, 0.25) is 0 Å². The fourth-order valence-electron chi connectivity index (χ4n) is 1.80. The number of nitrogens with two attached hydrogens (primary N) is 1. The van der Waals surface area contributed by atoms with Crippen LogP contribution >= 0.6 is 0 Å². The molecule has 0 radical (unpaired) electrons. The molecule has 1 heterocycles. The number of aliphatic hydroxyl groups excluding tert-OH is 1. The van der Waals surface area contributed by atoms with E-state index in [2.05, 4.69) is 5.32 Å². The summed E-state index contributed by atoms with van der Waals surface area (Å²) in [6.07, 6.45) is -1.41. The zero-order valence-electron chi connectivity index (χ0n) is 10.4. The van der Waals surface area contributed by atoms with E-state index in [0.29, 0.717) is 11.4 Å². The molecule has 7 nitrogen and oxygen atoms in total. The lowest BCUT2D eigenvalue weighted by atomic mass is 10.2. The summed E-state index contributed by atoms with van der Waals surface area (Å²) in [6, 6.07) is 5.02. The Bertz CT molecular complexity index is 518. The lowest BCUT2D eigenvalue weighted by Gasteiger charge is -2.29. The van der Waals surface area contributed by atoms with Gasteiger partial charge in [0.2, 0.25) is 0 Å². The Morgan fingerprint density at radius 3 is 3.00 bits per heavy atom. The largest absolute Gasteiger partial charge is 0.482 e. The van der Waals surface area contributed by atoms with Gasteiger partial charge in [0, 0.05) is 19.3 Å². The van der Waals surface area contributed by atoms with E-state index < -0.39 is 17.9 Å². The molecule has 0 fully saturated rings. The van der Waals surface area contributed by atoms with Crippen LogP contribution in [-0.4, -0.2) is 43.2 Å². The van der Waals surface area contributed by atoms with Crippen LogP contribution in [0.1, 0.15) is 0 Å². The van der Waals surface area contributed by atoms with Crippen LogP contribution in [-0.2, 0) is 9.59 Å². The van der Waals surface area contributed by atoms with Gasteiger partial charge in [0.05, 0.1) is 5.69 Å². The molecule has 102 valence electrons. The van der Waals surface area contributed by atoms with E-state index in [1.54, 1.807) is 25.2 Å². The minimum Gasteiger partial charge on any atom is -0.482 e. The molecular weight excluding hydrogens is 250 g/mol. The van der Waals surface area contributed by atoms with E-state index in [9.17, 15) is 14.7 Å². The van der Waals surface area contributed by atoms with E-state index in [1.807, 2.05) is 0 Å². The van der Waals surface area contributed by atoms with Gasteiger partial charge in [-0.25, -0.2) is 4.90 Å². The van der Waals surface area contributed by atoms with Crippen molar-refractivity contribution in [2.24, 2.45) is 5.73 Å². The molecule has 1 aromatic carbocycles. The highest BCUT2D eigenvalue weighted by Gasteiger charge is 2.34. The maximum absolute atomic E-state index is 12.0. The van der Waals surface area contributed by atoms with Crippen LogP contribution in [0.5, 0.6) is 5.75 Å². The molecule has 1 unspecified atom stereocenters. The highest BCUT2D eigenvalue weighted by molar-refractivity contribution is 6.18. The fourth-order valence-corrected chi connectivity index (χ4v) is 1.80. The molecule has 7 heteroatoms. The molecular formula is C12H15N3O4. The van der Waals surface area contributed by atoms with Gasteiger partial charge in [-0.15, -0.1) is 0 Å². The summed E-state index contributed by atoms with van der Waals surface area (Å²) in [5.41, 5.74) is 6.27.